The summed E-state index contributed by atoms with van der Waals surface area (Å²) in [5, 5.41) is 15.7. The van der Waals surface area contributed by atoms with Crippen molar-refractivity contribution in [2.45, 2.75) is 13.5 Å². The Morgan fingerprint density at radius 2 is 2.13 bits per heavy atom. The van der Waals surface area contributed by atoms with Crippen molar-refractivity contribution in [3.63, 3.8) is 0 Å². The number of halogens is 2. The highest BCUT2D eigenvalue weighted by atomic mass is 35.5. The minimum Gasteiger partial charge on any atom is -0.296 e. The molecule has 1 aromatic carbocycles. The lowest BCUT2D eigenvalue weighted by Crippen LogP contribution is -2.13. The second-order valence-corrected chi connectivity index (χ2v) is 6.30. The van der Waals surface area contributed by atoms with E-state index in [4.69, 9.17) is 23.2 Å². The molecule has 0 radical (unpaired) electrons. The maximum absolute atomic E-state index is 12.4. The maximum atomic E-state index is 12.4. The Balaban J connectivity index is 1.87. The van der Waals surface area contributed by atoms with E-state index in [1.807, 2.05) is 18.2 Å². The van der Waals surface area contributed by atoms with Gasteiger partial charge in [0, 0.05) is 5.02 Å². The van der Waals surface area contributed by atoms with Gasteiger partial charge in [-0.3, -0.25) is 10.1 Å². The van der Waals surface area contributed by atoms with E-state index in [2.05, 4.69) is 20.6 Å². The molecule has 3 aromatic rings. The molecule has 0 unspecified atom stereocenters. The molecule has 9 heteroatoms. The molecule has 23 heavy (non-hydrogen) atoms. The van der Waals surface area contributed by atoms with E-state index >= 15 is 0 Å². The van der Waals surface area contributed by atoms with Gasteiger partial charge in [0.05, 0.1) is 17.8 Å². The Hall–Kier alpha value is -1.96. The van der Waals surface area contributed by atoms with Crippen molar-refractivity contribution in [3.05, 3.63) is 56.8 Å². The lowest BCUT2D eigenvalue weighted by atomic mass is 10.2. The van der Waals surface area contributed by atoms with E-state index in [1.165, 1.54) is 16.8 Å². The molecule has 118 valence electrons. The van der Waals surface area contributed by atoms with Crippen molar-refractivity contribution in [1.29, 1.82) is 0 Å². The van der Waals surface area contributed by atoms with Gasteiger partial charge in [0.15, 0.2) is 0 Å². The molecule has 0 fully saturated rings. The number of carbonyl (C=O) groups is 1. The molecule has 0 spiro atoms. The minimum atomic E-state index is -0.366. The van der Waals surface area contributed by atoms with Gasteiger partial charge >= 0.3 is 0 Å². The van der Waals surface area contributed by atoms with E-state index in [1.54, 1.807) is 17.7 Å². The van der Waals surface area contributed by atoms with Crippen molar-refractivity contribution in [3.8, 4) is 0 Å². The largest absolute Gasteiger partial charge is 0.296 e. The van der Waals surface area contributed by atoms with Gasteiger partial charge in [0.1, 0.15) is 10.7 Å². The molecule has 0 saturated heterocycles. The number of carbonyl (C=O) groups excluding carboxylic acids is 1. The lowest BCUT2D eigenvalue weighted by molar-refractivity contribution is 0.102. The van der Waals surface area contributed by atoms with Crippen molar-refractivity contribution in [2.75, 3.05) is 5.32 Å². The normalized spacial score (nSPS) is 10.7. The van der Waals surface area contributed by atoms with E-state index in [9.17, 15) is 4.79 Å². The predicted molar refractivity (Wildman–Crippen MR) is 90.4 cm³/mol. The van der Waals surface area contributed by atoms with Gasteiger partial charge in [-0.2, -0.15) is 5.10 Å². The van der Waals surface area contributed by atoms with Crippen LogP contribution in [-0.2, 0) is 6.54 Å². The van der Waals surface area contributed by atoms with Crippen LogP contribution in [0.2, 0.25) is 10.2 Å². The number of aryl methyl sites for hydroxylation is 1. The molecule has 0 saturated carbocycles. The fourth-order valence-electron chi connectivity index (χ4n) is 2.09. The molecule has 1 amide bonds. The van der Waals surface area contributed by atoms with Gasteiger partial charge in [0.25, 0.3) is 5.91 Å². The van der Waals surface area contributed by atoms with Crippen LogP contribution in [0.3, 0.4) is 0 Å². The molecule has 0 atom stereocenters. The summed E-state index contributed by atoms with van der Waals surface area (Å²) in [4.78, 5) is 12.4. The standard InChI is InChI=1S/C14H11Cl2N5OS/c1-8-11(13(22)18-14-19-17-7-23-14)12(16)21(20-8)6-9-4-2-3-5-10(9)15/h2-5,7H,6H2,1H3,(H,18,19,22). The van der Waals surface area contributed by atoms with Gasteiger partial charge in [-0.05, 0) is 18.6 Å². The topological polar surface area (TPSA) is 72.7 Å². The minimum absolute atomic E-state index is 0.254. The molecule has 0 aliphatic rings. The van der Waals surface area contributed by atoms with E-state index in [-0.39, 0.29) is 11.1 Å². The van der Waals surface area contributed by atoms with Gasteiger partial charge in [-0.1, -0.05) is 52.7 Å². The number of hydrogen-bond acceptors (Lipinski definition) is 5. The number of nitrogens with zero attached hydrogens (tertiary/aromatic N) is 4. The highest BCUT2D eigenvalue weighted by Gasteiger charge is 2.21. The first kappa shape index (κ1) is 15.9. The second kappa shape index (κ2) is 6.66. The predicted octanol–water partition coefficient (Wildman–Crippen LogP) is 3.65. The number of rotatable bonds is 4. The first-order valence-electron chi connectivity index (χ1n) is 6.60. The van der Waals surface area contributed by atoms with Gasteiger partial charge in [0.2, 0.25) is 5.13 Å². The summed E-state index contributed by atoms with van der Waals surface area (Å²) in [6.45, 7) is 2.11. The molecule has 0 aliphatic carbocycles. The zero-order chi connectivity index (χ0) is 16.4. The molecule has 3 rings (SSSR count). The van der Waals surface area contributed by atoms with Crippen LogP contribution in [0.5, 0.6) is 0 Å². The number of amides is 1. The third-order valence-electron chi connectivity index (χ3n) is 3.15. The lowest BCUT2D eigenvalue weighted by Gasteiger charge is -2.06. The van der Waals surface area contributed by atoms with Crippen molar-refractivity contribution in [2.24, 2.45) is 0 Å². The van der Waals surface area contributed by atoms with Crippen LogP contribution in [0.1, 0.15) is 21.6 Å². The van der Waals surface area contributed by atoms with Crippen LogP contribution in [0, 0.1) is 6.92 Å². The zero-order valence-electron chi connectivity index (χ0n) is 12.0. The van der Waals surface area contributed by atoms with Crippen LogP contribution in [0.25, 0.3) is 0 Å². The van der Waals surface area contributed by atoms with Crippen LogP contribution in [0.4, 0.5) is 5.13 Å². The van der Waals surface area contributed by atoms with E-state index < -0.39 is 0 Å². The quantitative estimate of drug-likeness (QED) is 0.763. The summed E-state index contributed by atoms with van der Waals surface area (Å²) in [6.07, 6.45) is 0. The molecule has 1 N–H and O–H groups in total. The fraction of sp³-hybridized carbons (Fsp3) is 0.143. The van der Waals surface area contributed by atoms with Crippen molar-refractivity contribution in [1.82, 2.24) is 20.0 Å². The molecular formula is C14H11Cl2N5OS. The molecular weight excluding hydrogens is 357 g/mol. The number of aromatic nitrogens is 4. The summed E-state index contributed by atoms with van der Waals surface area (Å²) in [5.41, 5.74) is 3.25. The van der Waals surface area contributed by atoms with Crippen LogP contribution < -0.4 is 5.32 Å². The van der Waals surface area contributed by atoms with Crippen molar-refractivity contribution < 1.29 is 4.79 Å². The van der Waals surface area contributed by atoms with Crippen LogP contribution >= 0.6 is 34.5 Å². The van der Waals surface area contributed by atoms with Gasteiger partial charge in [-0.25, -0.2) is 4.68 Å². The molecule has 2 aromatic heterocycles. The van der Waals surface area contributed by atoms with Gasteiger partial charge in [-0.15, -0.1) is 10.2 Å². The first-order valence-corrected chi connectivity index (χ1v) is 8.23. The Kier molecular flexibility index (Phi) is 4.61. The SMILES string of the molecule is Cc1nn(Cc2ccccc2Cl)c(Cl)c1C(=O)Nc1nncs1. The van der Waals surface area contributed by atoms with Crippen LogP contribution in [0.15, 0.2) is 29.8 Å². The number of anilines is 1. The molecule has 0 aliphatic heterocycles. The molecule has 0 bridgehead atoms. The zero-order valence-corrected chi connectivity index (χ0v) is 14.3. The average molecular weight is 368 g/mol. The number of hydrogen-bond donors (Lipinski definition) is 1. The first-order chi connectivity index (χ1) is 11.1. The summed E-state index contributed by atoms with van der Waals surface area (Å²) in [5.74, 6) is -0.366. The average Bonchev–Trinajstić information content (AvgIpc) is 3.10. The van der Waals surface area contributed by atoms with E-state index in [0.717, 1.165) is 5.56 Å². The molecule has 2 heterocycles. The van der Waals surface area contributed by atoms with Gasteiger partial charge < -0.3 is 0 Å². The smallest absolute Gasteiger partial charge is 0.262 e. The Labute approximate surface area is 146 Å². The number of nitrogens with one attached hydrogen (secondary N) is 1. The van der Waals surface area contributed by atoms with E-state index in [0.29, 0.717) is 28.0 Å². The summed E-state index contributed by atoms with van der Waals surface area (Å²) in [6, 6.07) is 7.41. The highest BCUT2D eigenvalue weighted by Crippen LogP contribution is 2.24. The highest BCUT2D eigenvalue weighted by molar-refractivity contribution is 7.13. The molecule has 6 nitrogen and oxygen atoms in total. The Bertz CT molecular complexity index is 847. The third-order valence-corrected chi connectivity index (χ3v) is 4.51. The maximum Gasteiger partial charge on any atom is 0.262 e. The second-order valence-electron chi connectivity index (χ2n) is 4.70. The summed E-state index contributed by atoms with van der Waals surface area (Å²) >= 11 is 13.7. The monoisotopic (exact) mass is 367 g/mol. The summed E-state index contributed by atoms with van der Waals surface area (Å²) in [7, 11) is 0. The van der Waals surface area contributed by atoms with Crippen LogP contribution in [-0.4, -0.2) is 25.9 Å². The van der Waals surface area contributed by atoms with Crippen molar-refractivity contribution >= 4 is 45.6 Å². The summed E-state index contributed by atoms with van der Waals surface area (Å²) < 4.78 is 1.55. The fourth-order valence-corrected chi connectivity index (χ4v) is 3.05. The Morgan fingerprint density at radius 3 is 2.83 bits per heavy atom. The Morgan fingerprint density at radius 1 is 1.35 bits per heavy atom. The number of benzene rings is 1. The third kappa shape index (κ3) is 3.36.